The summed E-state index contributed by atoms with van der Waals surface area (Å²) in [5.41, 5.74) is 1.56. The van der Waals surface area contributed by atoms with Crippen LogP contribution < -0.4 is 15.5 Å². The Morgan fingerprint density at radius 3 is 2.45 bits per heavy atom. The lowest BCUT2D eigenvalue weighted by atomic mass is 10.1. The van der Waals surface area contributed by atoms with Gasteiger partial charge in [0, 0.05) is 30.7 Å². The summed E-state index contributed by atoms with van der Waals surface area (Å²) in [5.74, 6) is -0.495. The molecule has 38 heavy (non-hydrogen) atoms. The van der Waals surface area contributed by atoms with Crippen molar-refractivity contribution in [2.45, 2.75) is 51.4 Å². The van der Waals surface area contributed by atoms with Gasteiger partial charge in [0.25, 0.3) is 5.91 Å². The van der Waals surface area contributed by atoms with Crippen LogP contribution in [0.25, 0.3) is 10.9 Å². The Hall–Kier alpha value is -3.87. The number of carbonyl (C=O) groups excluding carboxylic acids is 2. The highest BCUT2D eigenvalue weighted by Gasteiger charge is 2.33. The maximum Gasteiger partial charge on any atom is 0.433 e. The Kier molecular flexibility index (Phi) is 7.49. The van der Waals surface area contributed by atoms with Gasteiger partial charge in [0.15, 0.2) is 0 Å². The highest BCUT2D eigenvalue weighted by molar-refractivity contribution is 6.05. The van der Waals surface area contributed by atoms with Crippen LogP contribution in [0.5, 0.6) is 5.75 Å². The Labute approximate surface area is 217 Å². The van der Waals surface area contributed by atoms with E-state index in [-0.39, 0.29) is 17.4 Å². The number of alkyl halides is 3. The van der Waals surface area contributed by atoms with Crippen molar-refractivity contribution in [3.63, 3.8) is 0 Å². The molecule has 0 bridgehead atoms. The van der Waals surface area contributed by atoms with Crippen molar-refractivity contribution in [2.75, 3.05) is 25.5 Å². The minimum absolute atomic E-state index is 0.0810. The normalized spacial score (nSPS) is 15.3. The van der Waals surface area contributed by atoms with Gasteiger partial charge in [-0.2, -0.15) is 18.3 Å². The van der Waals surface area contributed by atoms with Crippen molar-refractivity contribution in [3.8, 4) is 5.75 Å². The summed E-state index contributed by atoms with van der Waals surface area (Å²) in [4.78, 5) is 28.1. The molecule has 0 radical (unpaired) electrons. The zero-order valence-corrected chi connectivity index (χ0v) is 21.4. The molecule has 0 spiro atoms. The molecule has 0 atom stereocenters. The number of piperidine rings is 1. The van der Waals surface area contributed by atoms with Gasteiger partial charge in [-0.15, -0.1) is 0 Å². The highest BCUT2D eigenvalue weighted by atomic mass is 19.4. The predicted octanol–water partition coefficient (Wildman–Crippen LogP) is 4.79. The van der Waals surface area contributed by atoms with E-state index in [1.807, 2.05) is 15.9 Å². The number of halogens is 3. The van der Waals surface area contributed by atoms with Crippen LogP contribution in [0.3, 0.4) is 0 Å². The third kappa shape index (κ3) is 6.52. The molecule has 2 amide bonds. The van der Waals surface area contributed by atoms with Crippen LogP contribution >= 0.6 is 0 Å². The summed E-state index contributed by atoms with van der Waals surface area (Å²) < 4.78 is 51.5. The number of methoxy groups -OCH3 is 1. The largest absolute Gasteiger partial charge is 0.494 e. The number of hydrogen-bond acceptors (Lipinski definition) is 7. The molecule has 1 aliphatic rings. The quantitative estimate of drug-likeness (QED) is 0.484. The van der Waals surface area contributed by atoms with Gasteiger partial charge in [-0.25, -0.2) is 14.8 Å². The van der Waals surface area contributed by atoms with Gasteiger partial charge in [0.2, 0.25) is 0 Å². The number of hydrazine groups is 1. The maximum atomic E-state index is 13.0. The third-order valence-electron chi connectivity index (χ3n) is 5.85. The lowest BCUT2D eigenvalue weighted by molar-refractivity contribution is -0.141. The summed E-state index contributed by atoms with van der Waals surface area (Å²) in [6.45, 7) is 6.61. The van der Waals surface area contributed by atoms with Gasteiger partial charge in [-0.1, -0.05) is 6.07 Å². The SMILES string of the molecule is COc1cc2nn(C3CCN(NC(=O)OC(C)(C)C)CC3)cc2cc1NC(=O)c1cccc(C(F)(F)F)n1. The number of benzene rings is 1. The minimum Gasteiger partial charge on any atom is -0.494 e. The van der Waals surface area contributed by atoms with Crippen molar-refractivity contribution >= 4 is 28.6 Å². The number of amides is 2. The van der Waals surface area contributed by atoms with Crippen LogP contribution in [0.2, 0.25) is 0 Å². The molecule has 2 aromatic heterocycles. The Balaban J connectivity index is 1.46. The summed E-state index contributed by atoms with van der Waals surface area (Å²) in [6.07, 6.45) is -1.86. The number of rotatable bonds is 5. The smallest absolute Gasteiger partial charge is 0.433 e. The number of ether oxygens (including phenoxy) is 2. The van der Waals surface area contributed by atoms with Crippen LogP contribution in [0.15, 0.2) is 36.5 Å². The molecule has 0 unspecified atom stereocenters. The average Bonchev–Trinajstić information content (AvgIpc) is 3.25. The molecule has 1 aliphatic heterocycles. The molecule has 4 rings (SSSR count). The zero-order chi connectivity index (χ0) is 27.7. The van der Waals surface area contributed by atoms with Crippen LogP contribution in [-0.2, 0) is 10.9 Å². The molecule has 204 valence electrons. The number of nitrogens with zero attached hydrogens (tertiary/aromatic N) is 4. The van der Waals surface area contributed by atoms with Crippen LogP contribution in [-0.4, -0.2) is 57.6 Å². The van der Waals surface area contributed by atoms with E-state index in [1.165, 1.54) is 13.2 Å². The van der Waals surface area contributed by atoms with E-state index >= 15 is 0 Å². The van der Waals surface area contributed by atoms with Gasteiger partial charge < -0.3 is 14.8 Å². The van der Waals surface area contributed by atoms with Crippen LogP contribution in [0.1, 0.15) is 55.8 Å². The van der Waals surface area contributed by atoms with E-state index in [0.717, 1.165) is 25.0 Å². The molecule has 1 fully saturated rings. The van der Waals surface area contributed by atoms with E-state index in [4.69, 9.17) is 9.47 Å². The molecule has 13 heteroatoms. The Morgan fingerprint density at radius 1 is 1.11 bits per heavy atom. The number of carbonyl (C=O) groups is 2. The maximum absolute atomic E-state index is 13.0. The van der Waals surface area contributed by atoms with Crippen molar-refractivity contribution in [1.82, 2.24) is 25.2 Å². The van der Waals surface area contributed by atoms with Crippen LogP contribution in [0, 0.1) is 0 Å². The minimum atomic E-state index is -4.66. The molecule has 0 saturated carbocycles. The van der Waals surface area contributed by atoms with Gasteiger partial charge in [0.05, 0.1) is 24.4 Å². The number of hydrogen-bond donors (Lipinski definition) is 2. The molecule has 3 heterocycles. The first-order chi connectivity index (χ1) is 17.8. The number of fused-ring (bicyclic) bond motifs is 1. The highest BCUT2D eigenvalue weighted by Crippen LogP contribution is 2.32. The van der Waals surface area contributed by atoms with Crippen molar-refractivity contribution in [3.05, 3.63) is 47.9 Å². The summed E-state index contributed by atoms with van der Waals surface area (Å²) >= 11 is 0. The summed E-state index contributed by atoms with van der Waals surface area (Å²) in [6, 6.07) is 6.53. The second-order valence-electron chi connectivity index (χ2n) is 9.91. The van der Waals surface area contributed by atoms with Crippen molar-refractivity contribution in [1.29, 1.82) is 0 Å². The first-order valence-electron chi connectivity index (χ1n) is 12.0. The first-order valence-corrected chi connectivity index (χ1v) is 12.0. The standard InChI is InChI=1S/C25H29F3N6O4/c1-24(2,3)38-23(36)32-33-10-8-16(9-11-33)34-14-15-12-19(20(37-4)13-18(15)31-34)30-22(35)17-6-5-7-21(29-17)25(26,27)28/h5-7,12-14,16H,8-11H2,1-4H3,(H,30,35)(H,32,36). The fraction of sp³-hybridized carbons (Fsp3) is 0.440. The Bertz CT molecular complexity index is 1330. The second kappa shape index (κ2) is 10.5. The third-order valence-corrected chi connectivity index (χ3v) is 5.85. The van der Waals surface area contributed by atoms with E-state index in [0.29, 0.717) is 29.7 Å². The fourth-order valence-corrected chi connectivity index (χ4v) is 4.10. The first kappa shape index (κ1) is 27.2. The van der Waals surface area contributed by atoms with Gasteiger partial charge in [0.1, 0.15) is 22.7 Å². The van der Waals surface area contributed by atoms with E-state index in [1.54, 1.807) is 32.9 Å². The number of pyridine rings is 1. The van der Waals surface area contributed by atoms with Crippen LogP contribution in [0.4, 0.5) is 23.7 Å². The predicted molar refractivity (Wildman–Crippen MR) is 133 cm³/mol. The van der Waals surface area contributed by atoms with Gasteiger partial charge in [-0.05, 0) is 51.8 Å². The molecule has 3 aromatic rings. The molecule has 0 aliphatic carbocycles. The summed E-state index contributed by atoms with van der Waals surface area (Å²) in [7, 11) is 1.42. The monoisotopic (exact) mass is 534 g/mol. The van der Waals surface area contributed by atoms with E-state index < -0.39 is 29.5 Å². The van der Waals surface area contributed by atoms with Crippen molar-refractivity contribution in [2.24, 2.45) is 0 Å². The lowest BCUT2D eigenvalue weighted by Gasteiger charge is -2.32. The number of nitrogens with one attached hydrogen (secondary N) is 2. The fourth-order valence-electron chi connectivity index (χ4n) is 4.10. The number of aromatic nitrogens is 3. The number of anilines is 1. The zero-order valence-electron chi connectivity index (χ0n) is 21.4. The molecule has 10 nitrogen and oxygen atoms in total. The lowest BCUT2D eigenvalue weighted by Crippen LogP contribution is -2.48. The molecule has 1 aromatic carbocycles. The molecular weight excluding hydrogens is 505 g/mol. The van der Waals surface area contributed by atoms with E-state index in [9.17, 15) is 22.8 Å². The molecule has 1 saturated heterocycles. The second-order valence-corrected chi connectivity index (χ2v) is 9.91. The summed E-state index contributed by atoms with van der Waals surface area (Å²) in [5, 5.41) is 9.77. The average molecular weight is 535 g/mol. The van der Waals surface area contributed by atoms with Crippen molar-refractivity contribution < 1.29 is 32.2 Å². The molecule has 2 N–H and O–H groups in total. The Morgan fingerprint density at radius 2 is 1.82 bits per heavy atom. The molecular formula is C25H29F3N6O4. The topological polar surface area (TPSA) is 111 Å². The van der Waals surface area contributed by atoms with Gasteiger partial charge in [-0.3, -0.25) is 14.9 Å². The van der Waals surface area contributed by atoms with E-state index in [2.05, 4.69) is 20.8 Å². The van der Waals surface area contributed by atoms with Gasteiger partial charge >= 0.3 is 12.3 Å².